The van der Waals surface area contributed by atoms with Crippen molar-refractivity contribution in [1.82, 2.24) is 4.98 Å². The Morgan fingerprint density at radius 3 is 2.69 bits per heavy atom. The minimum atomic E-state index is 0.236. The Balaban J connectivity index is 2.58. The Bertz CT molecular complexity index is 431. The second kappa shape index (κ2) is 2.88. The fraction of sp³-hybridized carbons (Fsp3) is 0.222. The summed E-state index contributed by atoms with van der Waals surface area (Å²) in [6.45, 7) is 3.92. The Morgan fingerprint density at radius 1 is 1.46 bits per heavy atom. The van der Waals surface area contributed by atoms with Crippen LogP contribution in [0.15, 0.2) is 15.9 Å². The second-order valence-electron chi connectivity index (χ2n) is 2.89. The van der Waals surface area contributed by atoms with Crippen LogP contribution in [0.25, 0.3) is 10.6 Å². The quantitative estimate of drug-likeness (QED) is 0.759. The molecule has 0 saturated carbocycles. The summed E-state index contributed by atoms with van der Waals surface area (Å²) in [5.74, 6) is 0.781. The van der Waals surface area contributed by atoms with Gasteiger partial charge in [-0.15, -0.1) is 11.3 Å². The topological polar surface area (TPSA) is 52.0 Å². The summed E-state index contributed by atoms with van der Waals surface area (Å²) in [5, 5.41) is 2.04. The molecule has 0 fully saturated rings. The third-order valence-corrected chi connectivity index (χ3v) is 2.91. The predicted molar refractivity (Wildman–Crippen MR) is 53.7 cm³/mol. The maximum absolute atomic E-state index is 5.46. The van der Waals surface area contributed by atoms with Gasteiger partial charge in [0.15, 0.2) is 0 Å². The highest BCUT2D eigenvalue weighted by Gasteiger charge is 2.12. The molecule has 0 aliphatic carbocycles. The van der Waals surface area contributed by atoms with Crippen molar-refractivity contribution in [3.63, 3.8) is 0 Å². The first-order valence-corrected chi connectivity index (χ1v) is 4.84. The molecule has 0 atom stereocenters. The molecule has 2 aromatic rings. The third-order valence-electron chi connectivity index (χ3n) is 1.89. The van der Waals surface area contributed by atoms with Gasteiger partial charge in [0.2, 0.25) is 0 Å². The van der Waals surface area contributed by atoms with Gasteiger partial charge in [0, 0.05) is 0 Å². The minimum Gasteiger partial charge on any atom is -0.429 e. The van der Waals surface area contributed by atoms with Crippen LogP contribution in [0, 0.1) is 13.8 Å². The van der Waals surface area contributed by atoms with Gasteiger partial charge in [-0.2, -0.15) is 4.98 Å². The first-order chi connectivity index (χ1) is 6.18. The van der Waals surface area contributed by atoms with Crippen molar-refractivity contribution in [3.05, 3.63) is 22.8 Å². The normalized spacial score (nSPS) is 10.6. The Kier molecular flexibility index (Phi) is 1.84. The molecular weight excluding hydrogens is 184 g/mol. The van der Waals surface area contributed by atoms with E-state index in [1.165, 1.54) is 5.56 Å². The van der Waals surface area contributed by atoms with E-state index in [4.69, 9.17) is 10.2 Å². The molecule has 4 heteroatoms. The Hall–Kier alpha value is -1.29. The van der Waals surface area contributed by atoms with Crippen molar-refractivity contribution >= 4 is 17.4 Å². The van der Waals surface area contributed by atoms with E-state index in [2.05, 4.69) is 18.0 Å². The number of aryl methyl sites for hydroxylation is 2. The van der Waals surface area contributed by atoms with Gasteiger partial charge in [-0.1, -0.05) is 0 Å². The number of nitrogens with zero attached hydrogens (tertiary/aromatic N) is 1. The van der Waals surface area contributed by atoms with E-state index >= 15 is 0 Å². The van der Waals surface area contributed by atoms with E-state index < -0.39 is 0 Å². The van der Waals surface area contributed by atoms with E-state index in [-0.39, 0.29) is 6.01 Å². The molecule has 0 aliphatic rings. The number of rotatable bonds is 1. The average molecular weight is 194 g/mol. The van der Waals surface area contributed by atoms with Crippen molar-refractivity contribution in [2.45, 2.75) is 13.8 Å². The maximum atomic E-state index is 5.46. The number of nitrogens with two attached hydrogens (primary N) is 1. The lowest BCUT2D eigenvalue weighted by Crippen LogP contribution is -1.83. The SMILES string of the molecule is Cc1ccsc1-c1nc(N)oc1C. The molecule has 0 saturated heterocycles. The third kappa shape index (κ3) is 1.33. The van der Waals surface area contributed by atoms with Gasteiger partial charge in [-0.05, 0) is 30.9 Å². The first kappa shape index (κ1) is 8.31. The number of anilines is 1. The highest BCUT2D eigenvalue weighted by molar-refractivity contribution is 7.13. The standard InChI is InChI=1S/C9H10N2OS/c1-5-3-4-13-8(5)7-6(2)12-9(10)11-7/h3-4H,1-2H3,(H2,10,11). The highest BCUT2D eigenvalue weighted by Crippen LogP contribution is 2.31. The first-order valence-electron chi connectivity index (χ1n) is 3.96. The van der Waals surface area contributed by atoms with Gasteiger partial charge < -0.3 is 10.2 Å². The molecule has 0 radical (unpaired) electrons. The zero-order valence-corrected chi connectivity index (χ0v) is 8.31. The van der Waals surface area contributed by atoms with Crippen LogP contribution in [0.1, 0.15) is 11.3 Å². The predicted octanol–water partition coefficient (Wildman–Crippen LogP) is 2.60. The van der Waals surface area contributed by atoms with Gasteiger partial charge in [0.25, 0.3) is 6.01 Å². The van der Waals surface area contributed by atoms with Crippen LogP contribution >= 0.6 is 11.3 Å². The zero-order chi connectivity index (χ0) is 9.42. The van der Waals surface area contributed by atoms with E-state index in [0.29, 0.717) is 0 Å². The van der Waals surface area contributed by atoms with Gasteiger partial charge in [-0.25, -0.2) is 0 Å². The fourth-order valence-corrected chi connectivity index (χ4v) is 2.21. The van der Waals surface area contributed by atoms with Crippen molar-refractivity contribution in [3.8, 4) is 10.6 Å². The minimum absolute atomic E-state index is 0.236. The molecule has 0 amide bonds. The number of hydrogen-bond acceptors (Lipinski definition) is 4. The largest absolute Gasteiger partial charge is 0.429 e. The van der Waals surface area contributed by atoms with E-state index in [9.17, 15) is 0 Å². The molecule has 0 unspecified atom stereocenters. The van der Waals surface area contributed by atoms with Crippen molar-refractivity contribution in [2.75, 3.05) is 5.73 Å². The number of aromatic nitrogens is 1. The molecule has 2 aromatic heterocycles. The maximum Gasteiger partial charge on any atom is 0.292 e. The summed E-state index contributed by atoms with van der Waals surface area (Å²) in [4.78, 5) is 5.27. The van der Waals surface area contributed by atoms with Crippen LogP contribution in [-0.4, -0.2) is 4.98 Å². The average Bonchev–Trinajstić information content (AvgIpc) is 2.58. The number of hydrogen-bond donors (Lipinski definition) is 1. The summed E-state index contributed by atoms with van der Waals surface area (Å²) < 4.78 is 5.17. The number of oxazole rings is 1. The molecule has 13 heavy (non-hydrogen) atoms. The Morgan fingerprint density at radius 2 is 2.23 bits per heavy atom. The second-order valence-corrected chi connectivity index (χ2v) is 3.81. The molecule has 0 aliphatic heterocycles. The lowest BCUT2D eigenvalue weighted by Gasteiger charge is -1.93. The van der Waals surface area contributed by atoms with Crippen LogP contribution in [-0.2, 0) is 0 Å². The smallest absolute Gasteiger partial charge is 0.292 e. The number of thiophene rings is 1. The summed E-state index contributed by atoms with van der Waals surface area (Å²) in [6, 6.07) is 2.30. The lowest BCUT2D eigenvalue weighted by atomic mass is 10.2. The van der Waals surface area contributed by atoms with Crippen LogP contribution in [0.3, 0.4) is 0 Å². The fourth-order valence-electron chi connectivity index (χ4n) is 1.24. The van der Waals surface area contributed by atoms with Crippen molar-refractivity contribution in [1.29, 1.82) is 0 Å². The van der Waals surface area contributed by atoms with E-state index in [1.807, 2.05) is 12.3 Å². The molecule has 3 nitrogen and oxygen atoms in total. The monoisotopic (exact) mass is 194 g/mol. The van der Waals surface area contributed by atoms with Crippen LogP contribution < -0.4 is 5.73 Å². The summed E-state index contributed by atoms with van der Waals surface area (Å²) >= 11 is 1.65. The molecule has 0 aromatic carbocycles. The van der Waals surface area contributed by atoms with Crippen LogP contribution in [0.4, 0.5) is 6.01 Å². The summed E-state index contributed by atoms with van der Waals surface area (Å²) in [5.41, 5.74) is 7.54. The molecular formula is C9H10N2OS. The van der Waals surface area contributed by atoms with E-state index in [1.54, 1.807) is 11.3 Å². The summed E-state index contributed by atoms with van der Waals surface area (Å²) in [6.07, 6.45) is 0. The summed E-state index contributed by atoms with van der Waals surface area (Å²) in [7, 11) is 0. The highest BCUT2D eigenvalue weighted by atomic mass is 32.1. The molecule has 0 bridgehead atoms. The molecule has 68 valence electrons. The van der Waals surface area contributed by atoms with Crippen molar-refractivity contribution in [2.24, 2.45) is 0 Å². The lowest BCUT2D eigenvalue weighted by molar-refractivity contribution is 0.549. The number of nitrogen functional groups attached to an aromatic ring is 1. The Labute approximate surface area is 80.2 Å². The molecule has 2 N–H and O–H groups in total. The van der Waals surface area contributed by atoms with Gasteiger partial charge >= 0.3 is 0 Å². The van der Waals surface area contributed by atoms with Gasteiger partial charge in [-0.3, -0.25) is 0 Å². The van der Waals surface area contributed by atoms with Crippen molar-refractivity contribution < 1.29 is 4.42 Å². The van der Waals surface area contributed by atoms with Gasteiger partial charge in [0.1, 0.15) is 11.5 Å². The molecule has 2 heterocycles. The molecule has 0 spiro atoms. The van der Waals surface area contributed by atoms with E-state index in [0.717, 1.165) is 16.3 Å². The van der Waals surface area contributed by atoms with Gasteiger partial charge in [0.05, 0.1) is 4.88 Å². The molecule has 2 rings (SSSR count). The van der Waals surface area contributed by atoms with Crippen LogP contribution in [0.2, 0.25) is 0 Å². The zero-order valence-electron chi connectivity index (χ0n) is 7.50. The van der Waals surface area contributed by atoms with Crippen LogP contribution in [0.5, 0.6) is 0 Å².